The van der Waals surface area contributed by atoms with Crippen LogP contribution in [0.3, 0.4) is 0 Å². The Morgan fingerprint density at radius 2 is 1.76 bits per heavy atom. The van der Waals surface area contributed by atoms with Gasteiger partial charge in [-0.3, -0.25) is 4.99 Å². The highest BCUT2D eigenvalue weighted by Crippen LogP contribution is 2.26. The molecule has 3 rings (SSSR count). The van der Waals surface area contributed by atoms with Crippen LogP contribution in [0.15, 0.2) is 53.5 Å². The van der Waals surface area contributed by atoms with Gasteiger partial charge in [-0.1, -0.05) is 25.1 Å². The first-order chi connectivity index (χ1) is 12.0. The molecule has 0 unspecified atom stereocenters. The molecule has 0 fully saturated rings. The zero-order valence-corrected chi connectivity index (χ0v) is 15.2. The van der Waals surface area contributed by atoms with E-state index in [9.17, 15) is 4.39 Å². The second-order valence-corrected chi connectivity index (χ2v) is 6.33. The third-order valence-corrected chi connectivity index (χ3v) is 4.58. The molecule has 0 saturated carbocycles. The Bertz CT molecular complexity index is 918. The van der Waals surface area contributed by atoms with E-state index in [2.05, 4.69) is 61.5 Å². The second kappa shape index (κ2) is 7.06. The number of para-hydroxylation sites is 1. The van der Waals surface area contributed by atoms with Crippen LogP contribution in [0.2, 0.25) is 0 Å². The van der Waals surface area contributed by atoms with Crippen molar-refractivity contribution in [2.45, 2.75) is 34.1 Å². The molecule has 128 valence electrons. The molecule has 1 heterocycles. The molecule has 0 bridgehead atoms. The largest absolute Gasteiger partial charge is 0.317 e. The molecule has 0 aliphatic carbocycles. The maximum absolute atomic E-state index is 13.0. The lowest BCUT2D eigenvalue weighted by molar-refractivity contribution is 0.628. The van der Waals surface area contributed by atoms with E-state index in [1.165, 1.54) is 34.6 Å². The summed E-state index contributed by atoms with van der Waals surface area (Å²) in [7, 11) is 0. The molecule has 0 aliphatic heterocycles. The molecule has 2 aromatic carbocycles. The van der Waals surface area contributed by atoms with E-state index in [-0.39, 0.29) is 5.82 Å². The highest BCUT2D eigenvalue weighted by atomic mass is 19.1. The summed E-state index contributed by atoms with van der Waals surface area (Å²) in [4.78, 5) is 4.49. The van der Waals surface area contributed by atoms with Crippen molar-refractivity contribution in [3.8, 4) is 5.69 Å². The summed E-state index contributed by atoms with van der Waals surface area (Å²) in [5.41, 5.74) is 8.03. The van der Waals surface area contributed by atoms with E-state index in [0.717, 1.165) is 23.4 Å². The van der Waals surface area contributed by atoms with Crippen molar-refractivity contribution < 1.29 is 4.39 Å². The number of aromatic nitrogens is 1. The fourth-order valence-electron chi connectivity index (χ4n) is 3.26. The van der Waals surface area contributed by atoms with Crippen molar-refractivity contribution in [1.82, 2.24) is 4.57 Å². The van der Waals surface area contributed by atoms with Crippen molar-refractivity contribution in [2.75, 3.05) is 0 Å². The van der Waals surface area contributed by atoms with Gasteiger partial charge in [-0.2, -0.15) is 0 Å². The maximum atomic E-state index is 13.0. The summed E-state index contributed by atoms with van der Waals surface area (Å²) in [6.45, 7) is 8.57. The maximum Gasteiger partial charge on any atom is 0.123 e. The van der Waals surface area contributed by atoms with Crippen molar-refractivity contribution in [2.24, 2.45) is 4.99 Å². The van der Waals surface area contributed by atoms with Gasteiger partial charge in [0.2, 0.25) is 0 Å². The monoisotopic (exact) mass is 334 g/mol. The number of hydrogen-bond acceptors (Lipinski definition) is 1. The predicted molar refractivity (Wildman–Crippen MR) is 103 cm³/mol. The normalized spacial score (nSPS) is 11.4. The minimum absolute atomic E-state index is 0.247. The number of benzene rings is 2. The average Bonchev–Trinajstić information content (AvgIpc) is 2.88. The van der Waals surface area contributed by atoms with Crippen LogP contribution in [0.4, 0.5) is 10.1 Å². The van der Waals surface area contributed by atoms with Crippen LogP contribution in [0.1, 0.15) is 35.0 Å². The molecule has 0 aliphatic rings. The fourth-order valence-corrected chi connectivity index (χ4v) is 3.26. The first-order valence-electron chi connectivity index (χ1n) is 8.58. The lowest BCUT2D eigenvalue weighted by Crippen LogP contribution is -2.05. The Morgan fingerprint density at radius 3 is 2.44 bits per heavy atom. The topological polar surface area (TPSA) is 17.3 Å². The lowest BCUT2D eigenvalue weighted by atomic mass is 10.1. The van der Waals surface area contributed by atoms with Gasteiger partial charge in [-0.05, 0) is 68.7 Å². The Morgan fingerprint density at radius 1 is 1.04 bits per heavy atom. The lowest BCUT2D eigenvalue weighted by Gasteiger charge is -2.17. The molecule has 25 heavy (non-hydrogen) atoms. The molecule has 0 radical (unpaired) electrons. The molecule has 1 aromatic heterocycles. The summed E-state index contributed by atoms with van der Waals surface area (Å²) < 4.78 is 15.3. The van der Waals surface area contributed by atoms with Crippen LogP contribution >= 0.6 is 0 Å². The molecular weight excluding hydrogens is 311 g/mol. The molecule has 2 nitrogen and oxygen atoms in total. The zero-order valence-electron chi connectivity index (χ0n) is 15.2. The first kappa shape index (κ1) is 17.2. The SMILES string of the molecule is CCc1cccc(C)c1-n1c(C)cc(C=Nc2ccc(F)cc2)c1C. The Labute approximate surface area is 148 Å². The van der Waals surface area contributed by atoms with Crippen LogP contribution in [0, 0.1) is 26.6 Å². The molecule has 0 N–H and O–H groups in total. The van der Waals surface area contributed by atoms with E-state index in [1.54, 1.807) is 12.1 Å². The molecule has 0 spiro atoms. The smallest absolute Gasteiger partial charge is 0.123 e. The summed E-state index contributed by atoms with van der Waals surface area (Å²) in [5.74, 6) is -0.247. The van der Waals surface area contributed by atoms with Gasteiger partial charge in [0.05, 0.1) is 11.4 Å². The van der Waals surface area contributed by atoms with Gasteiger partial charge < -0.3 is 4.57 Å². The van der Waals surface area contributed by atoms with E-state index in [1.807, 2.05) is 6.21 Å². The molecule has 0 amide bonds. The van der Waals surface area contributed by atoms with E-state index >= 15 is 0 Å². The van der Waals surface area contributed by atoms with Gasteiger partial charge >= 0.3 is 0 Å². The highest BCUT2D eigenvalue weighted by Gasteiger charge is 2.14. The van der Waals surface area contributed by atoms with Gasteiger partial charge in [0.1, 0.15) is 5.82 Å². The number of aliphatic imine (C=N–C) groups is 1. The quantitative estimate of drug-likeness (QED) is 0.532. The van der Waals surface area contributed by atoms with Crippen molar-refractivity contribution in [1.29, 1.82) is 0 Å². The van der Waals surface area contributed by atoms with Crippen LogP contribution < -0.4 is 0 Å². The average molecular weight is 334 g/mol. The van der Waals surface area contributed by atoms with Gasteiger partial charge in [0.25, 0.3) is 0 Å². The number of halogens is 1. The van der Waals surface area contributed by atoms with Crippen LogP contribution in [-0.2, 0) is 6.42 Å². The predicted octanol–water partition coefficient (Wildman–Crippen LogP) is 5.85. The summed E-state index contributed by atoms with van der Waals surface area (Å²) in [6.07, 6.45) is 2.85. The van der Waals surface area contributed by atoms with Crippen LogP contribution in [-0.4, -0.2) is 10.8 Å². The summed E-state index contributed by atoms with van der Waals surface area (Å²) >= 11 is 0. The number of nitrogens with zero attached hydrogens (tertiary/aromatic N) is 2. The van der Waals surface area contributed by atoms with Gasteiger partial charge in [0, 0.05) is 23.2 Å². The minimum Gasteiger partial charge on any atom is -0.317 e. The number of aryl methyl sites for hydroxylation is 3. The van der Waals surface area contributed by atoms with E-state index in [0.29, 0.717) is 0 Å². The molecule has 0 atom stereocenters. The van der Waals surface area contributed by atoms with Crippen molar-refractivity contribution in [3.63, 3.8) is 0 Å². The Balaban J connectivity index is 2.04. The van der Waals surface area contributed by atoms with Crippen LogP contribution in [0.5, 0.6) is 0 Å². The standard InChI is InChI=1S/C22H23FN2/c1-5-18-8-6-7-15(2)22(18)25-16(3)13-19(17(25)4)14-24-21-11-9-20(23)10-12-21/h6-14H,5H2,1-4H3. The Kier molecular flexibility index (Phi) is 4.84. The van der Waals surface area contributed by atoms with E-state index < -0.39 is 0 Å². The molecular formula is C22H23FN2. The fraction of sp³-hybridized carbons (Fsp3) is 0.227. The Hall–Kier alpha value is -2.68. The minimum atomic E-state index is -0.247. The molecule has 3 aromatic rings. The van der Waals surface area contributed by atoms with Gasteiger partial charge in [0.15, 0.2) is 0 Å². The summed E-state index contributed by atoms with van der Waals surface area (Å²) in [6, 6.07) is 14.8. The molecule has 3 heteroatoms. The van der Waals surface area contributed by atoms with E-state index in [4.69, 9.17) is 0 Å². The highest BCUT2D eigenvalue weighted by molar-refractivity contribution is 5.84. The van der Waals surface area contributed by atoms with Crippen LogP contribution in [0.25, 0.3) is 5.69 Å². The van der Waals surface area contributed by atoms with Gasteiger partial charge in [-0.15, -0.1) is 0 Å². The second-order valence-electron chi connectivity index (χ2n) is 6.33. The number of hydrogen-bond donors (Lipinski definition) is 0. The van der Waals surface area contributed by atoms with Gasteiger partial charge in [-0.25, -0.2) is 4.39 Å². The zero-order chi connectivity index (χ0) is 18.0. The summed E-state index contributed by atoms with van der Waals surface area (Å²) in [5, 5.41) is 0. The third-order valence-electron chi connectivity index (χ3n) is 4.58. The van der Waals surface area contributed by atoms with Crippen molar-refractivity contribution >= 4 is 11.9 Å². The third kappa shape index (κ3) is 3.41. The van der Waals surface area contributed by atoms with Crippen molar-refractivity contribution in [3.05, 3.63) is 82.4 Å². The molecule has 0 saturated heterocycles. The first-order valence-corrected chi connectivity index (χ1v) is 8.58. The number of rotatable bonds is 4.